The summed E-state index contributed by atoms with van der Waals surface area (Å²) in [6.45, 7) is 2.95. The Balaban J connectivity index is 2.32. The van der Waals surface area contributed by atoms with Gasteiger partial charge in [0.25, 0.3) is 0 Å². The summed E-state index contributed by atoms with van der Waals surface area (Å²) in [4.78, 5) is 4.32. The van der Waals surface area contributed by atoms with Gasteiger partial charge in [0.2, 0.25) is 0 Å². The van der Waals surface area contributed by atoms with E-state index >= 15 is 0 Å². The van der Waals surface area contributed by atoms with E-state index in [0.717, 1.165) is 17.9 Å². The molecule has 0 aliphatic heterocycles. The number of hydrogen-bond acceptors (Lipinski definition) is 5. The van der Waals surface area contributed by atoms with Crippen LogP contribution in [0.5, 0.6) is 0 Å². The fourth-order valence-electron chi connectivity index (χ4n) is 1.49. The van der Waals surface area contributed by atoms with Crippen molar-refractivity contribution in [1.82, 2.24) is 25.3 Å². The van der Waals surface area contributed by atoms with Crippen LogP contribution in [0, 0.1) is 0 Å². The molecule has 0 bridgehead atoms. The van der Waals surface area contributed by atoms with Crippen molar-refractivity contribution in [2.45, 2.75) is 13.0 Å². The lowest BCUT2D eigenvalue weighted by molar-refractivity contribution is 0.560. The molecule has 0 aromatic carbocycles. The van der Waals surface area contributed by atoms with Gasteiger partial charge < -0.3 is 5.32 Å². The second kappa shape index (κ2) is 4.50. The number of nitrogens with zero attached hydrogens (tertiary/aromatic N) is 4. The highest BCUT2D eigenvalue weighted by Crippen LogP contribution is 2.20. The van der Waals surface area contributed by atoms with E-state index in [9.17, 15) is 0 Å². The van der Waals surface area contributed by atoms with Crippen LogP contribution < -0.4 is 5.32 Å². The third-order valence-corrected chi connectivity index (χ3v) is 2.81. The third-order valence-electron chi connectivity index (χ3n) is 2.20. The summed E-state index contributed by atoms with van der Waals surface area (Å²) in [7, 11) is 1.89. The quantitative estimate of drug-likeness (QED) is 0.839. The van der Waals surface area contributed by atoms with E-state index in [0.29, 0.717) is 0 Å². The van der Waals surface area contributed by atoms with Gasteiger partial charge in [-0.3, -0.25) is 4.68 Å². The SMILES string of the molecule is CCNC(c1cscn1)c1cnnn1C. The maximum absolute atomic E-state index is 4.32. The van der Waals surface area contributed by atoms with Crippen molar-refractivity contribution in [3.63, 3.8) is 0 Å². The Labute approximate surface area is 92.2 Å². The molecule has 80 valence electrons. The molecule has 2 rings (SSSR count). The maximum Gasteiger partial charge on any atom is 0.0946 e. The highest BCUT2D eigenvalue weighted by Gasteiger charge is 2.18. The van der Waals surface area contributed by atoms with Gasteiger partial charge in [-0.2, -0.15) is 0 Å². The molecule has 0 amide bonds. The van der Waals surface area contributed by atoms with Gasteiger partial charge in [-0.1, -0.05) is 12.1 Å². The fourth-order valence-corrected chi connectivity index (χ4v) is 2.07. The smallest absolute Gasteiger partial charge is 0.0946 e. The zero-order valence-electron chi connectivity index (χ0n) is 8.71. The van der Waals surface area contributed by atoms with E-state index < -0.39 is 0 Å². The molecule has 1 atom stereocenters. The van der Waals surface area contributed by atoms with Crippen LogP contribution in [-0.4, -0.2) is 26.5 Å². The van der Waals surface area contributed by atoms with Crippen LogP contribution in [0.1, 0.15) is 24.4 Å². The Bertz CT molecular complexity index is 408. The van der Waals surface area contributed by atoms with Crippen molar-refractivity contribution in [1.29, 1.82) is 0 Å². The molecule has 1 unspecified atom stereocenters. The summed E-state index contributed by atoms with van der Waals surface area (Å²) in [5.74, 6) is 0. The highest BCUT2D eigenvalue weighted by molar-refractivity contribution is 7.07. The molecule has 0 fully saturated rings. The summed E-state index contributed by atoms with van der Waals surface area (Å²) < 4.78 is 1.77. The molecule has 0 radical (unpaired) electrons. The number of rotatable bonds is 4. The minimum Gasteiger partial charge on any atom is -0.304 e. The molecule has 6 heteroatoms. The largest absolute Gasteiger partial charge is 0.304 e. The molecule has 0 aliphatic rings. The Morgan fingerprint density at radius 3 is 3.00 bits per heavy atom. The number of aromatic nitrogens is 4. The minimum absolute atomic E-state index is 0.0845. The second-order valence-corrected chi connectivity index (χ2v) is 3.91. The van der Waals surface area contributed by atoms with Crippen LogP contribution >= 0.6 is 11.3 Å². The Morgan fingerprint density at radius 1 is 1.60 bits per heavy atom. The number of thiazole rings is 1. The molecular formula is C9H13N5S. The van der Waals surface area contributed by atoms with Gasteiger partial charge in [0.15, 0.2) is 0 Å². The lowest BCUT2D eigenvalue weighted by Crippen LogP contribution is -2.24. The molecular weight excluding hydrogens is 210 g/mol. The summed E-state index contributed by atoms with van der Waals surface area (Å²) in [5, 5.41) is 13.2. The van der Waals surface area contributed by atoms with Gasteiger partial charge in [0.05, 0.1) is 29.1 Å². The van der Waals surface area contributed by atoms with E-state index in [1.807, 2.05) is 17.9 Å². The van der Waals surface area contributed by atoms with E-state index in [-0.39, 0.29) is 6.04 Å². The van der Waals surface area contributed by atoms with Gasteiger partial charge in [0.1, 0.15) is 0 Å². The predicted molar refractivity (Wildman–Crippen MR) is 58.6 cm³/mol. The van der Waals surface area contributed by atoms with Crippen LogP contribution in [0.4, 0.5) is 0 Å². The van der Waals surface area contributed by atoms with E-state index in [1.54, 1.807) is 22.2 Å². The molecule has 0 spiro atoms. The van der Waals surface area contributed by atoms with Crippen LogP contribution in [0.2, 0.25) is 0 Å². The lowest BCUT2D eigenvalue weighted by atomic mass is 10.1. The number of aryl methyl sites for hydroxylation is 1. The second-order valence-electron chi connectivity index (χ2n) is 3.19. The first kappa shape index (κ1) is 10.3. The summed E-state index contributed by atoms with van der Waals surface area (Å²) >= 11 is 1.60. The van der Waals surface area contributed by atoms with Crippen LogP contribution in [0.15, 0.2) is 17.1 Å². The molecule has 1 N–H and O–H groups in total. The molecule has 15 heavy (non-hydrogen) atoms. The maximum atomic E-state index is 4.32. The molecule has 2 aromatic heterocycles. The standard InChI is InChI=1S/C9H13N5S/c1-3-10-9(7-5-15-6-11-7)8-4-12-13-14(8)2/h4-6,9-10H,3H2,1-2H3. The average molecular weight is 223 g/mol. The van der Waals surface area contributed by atoms with Gasteiger partial charge in [0, 0.05) is 12.4 Å². The summed E-state index contributed by atoms with van der Waals surface area (Å²) in [6, 6.07) is 0.0845. The molecule has 2 heterocycles. The normalized spacial score (nSPS) is 12.9. The topological polar surface area (TPSA) is 55.6 Å². The van der Waals surface area contributed by atoms with E-state index in [1.165, 1.54) is 0 Å². The number of hydrogen-bond donors (Lipinski definition) is 1. The van der Waals surface area contributed by atoms with Gasteiger partial charge in [-0.25, -0.2) is 4.98 Å². The van der Waals surface area contributed by atoms with Crippen molar-refractivity contribution >= 4 is 11.3 Å². The Kier molecular flexibility index (Phi) is 3.08. The molecule has 5 nitrogen and oxygen atoms in total. The first-order valence-electron chi connectivity index (χ1n) is 4.79. The monoisotopic (exact) mass is 223 g/mol. The fraction of sp³-hybridized carbons (Fsp3) is 0.444. The van der Waals surface area contributed by atoms with E-state index in [4.69, 9.17) is 0 Å². The molecule has 0 saturated carbocycles. The summed E-state index contributed by atoms with van der Waals surface area (Å²) in [6.07, 6.45) is 1.77. The Hall–Kier alpha value is -1.27. The van der Waals surface area contributed by atoms with Gasteiger partial charge in [-0.05, 0) is 6.54 Å². The van der Waals surface area contributed by atoms with E-state index in [2.05, 4.69) is 27.5 Å². The molecule has 0 saturated heterocycles. The van der Waals surface area contributed by atoms with Crippen molar-refractivity contribution < 1.29 is 0 Å². The minimum atomic E-state index is 0.0845. The summed E-state index contributed by atoms with van der Waals surface area (Å²) in [5.41, 5.74) is 3.89. The first-order valence-corrected chi connectivity index (χ1v) is 5.73. The zero-order valence-corrected chi connectivity index (χ0v) is 9.53. The van der Waals surface area contributed by atoms with Crippen molar-refractivity contribution in [2.75, 3.05) is 6.54 Å². The third kappa shape index (κ3) is 2.05. The van der Waals surface area contributed by atoms with Crippen LogP contribution in [0.3, 0.4) is 0 Å². The van der Waals surface area contributed by atoms with Crippen molar-refractivity contribution in [3.05, 3.63) is 28.5 Å². The molecule has 2 aromatic rings. The number of nitrogens with one attached hydrogen (secondary N) is 1. The van der Waals surface area contributed by atoms with Crippen LogP contribution in [-0.2, 0) is 7.05 Å². The van der Waals surface area contributed by atoms with Crippen molar-refractivity contribution in [3.8, 4) is 0 Å². The van der Waals surface area contributed by atoms with Crippen molar-refractivity contribution in [2.24, 2.45) is 7.05 Å². The van der Waals surface area contributed by atoms with Gasteiger partial charge >= 0.3 is 0 Å². The van der Waals surface area contributed by atoms with Gasteiger partial charge in [-0.15, -0.1) is 16.4 Å². The van der Waals surface area contributed by atoms with Crippen LogP contribution in [0.25, 0.3) is 0 Å². The predicted octanol–water partition coefficient (Wildman–Crippen LogP) is 0.970. The zero-order chi connectivity index (χ0) is 10.7. The average Bonchev–Trinajstić information content (AvgIpc) is 2.85. The lowest BCUT2D eigenvalue weighted by Gasteiger charge is -2.14. The molecule has 0 aliphatic carbocycles. The first-order chi connectivity index (χ1) is 7.33. The highest BCUT2D eigenvalue weighted by atomic mass is 32.1. The Morgan fingerprint density at radius 2 is 2.47 bits per heavy atom.